The molecule has 9 nitrogen and oxygen atoms in total. The Kier molecular flexibility index (Phi) is 5.55. The molecule has 1 aromatic heterocycles. The van der Waals surface area contributed by atoms with Crippen LogP contribution in [0.4, 0.5) is 11.4 Å². The number of rotatable bonds is 6. The average Bonchev–Trinajstić information content (AvgIpc) is 3.02. The Morgan fingerprint density at radius 1 is 1.25 bits per heavy atom. The molecule has 10 heteroatoms. The van der Waals surface area contributed by atoms with Crippen LogP contribution in [0.2, 0.25) is 0 Å². The van der Waals surface area contributed by atoms with Crippen molar-refractivity contribution in [2.75, 3.05) is 11.4 Å². The maximum absolute atomic E-state index is 12.2. The number of benzene rings is 2. The minimum Gasteiger partial charge on any atom is -0.755 e. The first-order chi connectivity index (χ1) is 13.4. The number of ether oxygens (including phenoxy) is 1. The predicted molar refractivity (Wildman–Crippen MR) is 105 cm³/mol. The molecule has 2 unspecified atom stereocenters. The molecule has 0 fully saturated rings. The van der Waals surface area contributed by atoms with E-state index in [2.05, 4.69) is 10.0 Å². The molecule has 2 aromatic carbocycles. The number of nitrogens with zero attached hydrogens (tertiary/aromatic N) is 4. The van der Waals surface area contributed by atoms with Gasteiger partial charge in [-0.15, -0.1) is 0 Å². The highest BCUT2D eigenvalue weighted by Crippen LogP contribution is 2.35. The monoisotopic (exact) mass is 401 g/mol. The second-order valence-electron chi connectivity index (χ2n) is 6.41. The summed E-state index contributed by atoms with van der Waals surface area (Å²) in [4.78, 5) is 15.0. The first-order valence-electron chi connectivity index (χ1n) is 8.35. The van der Waals surface area contributed by atoms with Crippen molar-refractivity contribution in [2.24, 2.45) is 11.0 Å². The van der Waals surface area contributed by atoms with Gasteiger partial charge < -0.3 is 13.7 Å². The van der Waals surface area contributed by atoms with E-state index >= 15 is 0 Å². The van der Waals surface area contributed by atoms with Gasteiger partial charge in [-0.2, -0.15) is 0 Å². The van der Waals surface area contributed by atoms with E-state index in [1.165, 1.54) is 7.11 Å². The number of hydrogen-bond donors (Lipinski definition) is 0. The number of methoxy groups -OCH3 is 1. The quantitative estimate of drug-likeness (QED) is 0.199. The first kappa shape index (κ1) is 19.7. The van der Waals surface area contributed by atoms with E-state index in [0.29, 0.717) is 27.9 Å². The molecule has 0 bridgehead atoms. The molecule has 0 aliphatic heterocycles. The first-order valence-corrected chi connectivity index (χ1v) is 9.38. The number of esters is 1. The fourth-order valence-corrected chi connectivity index (χ4v) is 3.90. The van der Waals surface area contributed by atoms with Crippen molar-refractivity contribution < 1.29 is 22.7 Å². The van der Waals surface area contributed by atoms with E-state index in [-0.39, 0.29) is 5.92 Å². The molecule has 0 spiro atoms. The fraction of sp³-hybridized carbons (Fsp3) is 0.278. The molecule has 2 atom stereocenters. The molecule has 0 N–H and O–H groups in total. The van der Waals surface area contributed by atoms with Crippen LogP contribution in [0.5, 0.6) is 0 Å². The smallest absolute Gasteiger partial charge is 0.329 e. The van der Waals surface area contributed by atoms with Crippen LogP contribution in [0.1, 0.15) is 13.8 Å². The molecule has 1 heterocycles. The summed E-state index contributed by atoms with van der Waals surface area (Å²) in [6.45, 7) is 3.48. The second kappa shape index (κ2) is 7.89. The van der Waals surface area contributed by atoms with E-state index < -0.39 is 23.3 Å². The Hall–Kier alpha value is -3.07. The van der Waals surface area contributed by atoms with Gasteiger partial charge in [0.05, 0.1) is 12.8 Å². The molecule has 28 heavy (non-hydrogen) atoms. The Bertz CT molecular complexity index is 1120. The number of azide groups is 1. The Balaban J connectivity index is 2.17. The molecule has 0 aliphatic rings. The molecule has 0 radical (unpaired) electrons. The normalized spacial score (nSPS) is 13.3. The average molecular weight is 401 g/mol. The maximum atomic E-state index is 12.2. The van der Waals surface area contributed by atoms with E-state index in [1.807, 2.05) is 0 Å². The van der Waals surface area contributed by atoms with Gasteiger partial charge in [-0.05, 0) is 35.7 Å². The Morgan fingerprint density at radius 2 is 2.00 bits per heavy atom. The van der Waals surface area contributed by atoms with Crippen molar-refractivity contribution in [2.45, 2.75) is 19.9 Å². The third kappa shape index (κ3) is 3.53. The number of hydrogen-bond acceptors (Lipinski definition) is 6. The second-order valence-corrected chi connectivity index (χ2v) is 7.23. The van der Waals surface area contributed by atoms with Gasteiger partial charge in [0.2, 0.25) is 0 Å². The summed E-state index contributed by atoms with van der Waals surface area (Å²) in [6.07, 6.45) is 0. The van der Waals surface area contributed by atoms with Gasteiger partial charge in [0.1, 0.15) is 17.2 Å². The summed E-state index contributed by atoms with van der Waals surface area (Å²) in [6, 6.07) is 8.80. The van der Waals surface area contributed by atoms with Gasteiger partial charge in [-0.1, -0.05) is 31.1 Å². The molecule has 0 saturated carbocycles. The lowest BCUT2D eigenvalue weighted by Gasteiger charge is -2.35. The summed E-state index contributed by atoms with van der Waals surface area (Å²) in [5.41, 5.74) is 10.3. The summed E-state index contributed by atoms with van der Waals surface area (Å²) in [5, 5.41) is 4.94. The highest BCUT2D eigenvalue weighted by Gasteiger charge is 2.31. The van der Waals surface area contributed by atoms with Gasteiger partial charge in [-0.25, -0.2) is 4.79 Å². The summed E-state index contributed by atoms with van der Waals surface area (Å²) >= 11 is -2.70. The molecule has 0 saturated heterocycles. The third-order valence-electron chi connectivity index (χ3n) is 4.34. The van der Waals surface area contributed by atoms with Crippen molar-refractivity contribution in [1.82, 2.24) is 0 Å². The highest BCUT2D eigenvalue weighted by molar-refractivity contribution is 7.80. The van der Waals surface area contributed by atoms with Crippen LogP contribution in [0.3, 0.4) is 0 Å². The largest absolute Gasteiger partial charge is 0.755 e. The molecule has 146 valence electrons. The topological polar surface area (TPSA) is 132 Å². The van der Waals surface area contributed by atoms with Crippen molar-refractivity contribution >= 4 is 50.5 Å². The molecule has 0 amide bonds. The van der Waals surface area contributed by atoms with Crippen LogP contribution in [0, 0.1) is 5.92 Å². The lowest BCUT2D eigenvalue weighted by molar-refractivity contribution is -0.142. The molecular weight excluding hydrogens is 384 g/mol. The summed E-state index contributed by atoms with van der Waals surface area (Å²) in [5.74, 6) is -0.955. The van der Waals surface area contributed by atoms with Crippen molar-refractivity contribution in [1.29, 1.82) is 0 Å². The van der Waals surface area contributed by atoms with E-state index in [0.717, 1.165) is 9.69 Å². The molecule has 3 rings (SSSR count). The van der Waals surface area contributed by atoms with Crippen molar-refractivity contribution in [3.63, 3.8) is 0 Å². The number of carbonyl (C=O) groups excluding carboxylic acids is 1. The summed E-state index contributed by atoms with van der Waals surface area (Å²) in [7, 11) is 1.22. The van der Waals surface area contributed by atoms with E-state index in [4.69, 9.17) is 14.7 Å². The van der Waals surface area contributed by atoms with Crippen LogP contribution in [0.25, 0.3) is 32.4 Å². The number of carbonyl (C=O) groups is 1. The van der Waals surface area contributed by atoms with Crippen LogP contribution in [-0.2, 0) is 20.8 Å². The molecule has 0 aliphatic carbocycles. The van der Waals surface area contributed by atoms with Gasteiger partial charge in [0.25, 0.3) is 0 Å². The zero-order valence-corrected chi connectivity index (χ0v) is 16.2. The van der Waals surface area contributed by atoms with Crippen LogP contribution in [0.15, 0.2) is 45.9 Å². The SMILES string of the molecule is COC(=O)C(C(C)C)N(c1ccc2oc3cc(N=[N+]=[N-])ccc3c2c1)S(=O)[O-]. The number of fused-ring (bicyclic) bond motifs is 3. The minimum atomic E-state index is -2.70. The van der Waals surface area contributed by atoms with Crippen LogP contribution in [-0.4, -0.2) is 27.9 Å². The Morgan fingerprint density at radius 3 is 2.61 bits per heavy atom. The lowest BCUT2D eigenvalue weighted by atomic mass is 10.0. The van der Waals surface area contributed by atoms with E-state index in [9.17, 15) is 13.6 Å². The minimum absolute atomic E-state index is 0.312. The third-order valence-corrected chi connectivity index (χ3v) is 5.10. The van der Waals surface area contributed by atoms with Crippen molar-refractivity contribution in [3.8, 4) is 0 Å². The van der Waals surface area contributed by atoms with Gasteiger partial charge in [0.15, 0.2) is 0 Å². The standard InChI is InChI=1S/C18H18N4O5S/c1-10(2)17(18(23)26-3)22(28(24)25)12-5-7-15-14(9-12)13-6-4-11(20-21-19)8-16(13)27-15/h4-10,17H,1-3H3,(H,24,25)/p-1. The number of furan rings is 1. The van der Waals surface area contributed by atoms with Gasteiger partial charge in [-0.3, -0.25) is 8.51 Å². The predicted octanol–water partition coefficient (Wildman–Crippen LogP) is 4.33. The van der Waals surface area contributed by atoms with Crippen LogP contribution < -0.4 is 4.31 Å². The van der Waals surface area contributed by atoms with E-state index in [1.54, 1.807) is 50.2 Å². The zero-order valence-electron chi connectivity index (χ0n) is 15.4. The van der Waals surface area contributed by atoms with Crippen LogP contribution >= 0.6 is 0 Å². The molecule has 3 aromatic rings. The van der Waals surface area contributed by atoms with Gasteiger partial charge in [0, 0.05) is 32.6 Å². The maximum Gasteiger partial charge on any atom is 0.329 e. The zero-order chi connectivity index (χ0) is 20.4. The number of anilines is 1. The summed E-state index contributed by atoms with van der Waals surface area (Å²) < 4.78 is 35.5. The fourth-order valence-electron chi connectivity index (χ4n) is 3.10. The molecular formula is C18H17N4O5S-. The van der Waals surface area contributed by atoms with Crippen molar-refractivity contribution in [3.05, 3.63) is 46.8 Å². The lowest BCUT2D eigenvalue weighted by Crippen LogP contribution is -2.46. The Labute approximate surface area is 162 Å². The highest BCUT2D eigenvalue weighted by atomic mass is 32.2. The van der Waals surface area contributed by atoms with Gasteiger partial charge >= 0.3 is 5.97 Å².